The third kappa shape index (κ3) is 3.05. The second kappa shape index (κ2) is 6.41. The van der Waals surface area contributed by atoms with Crippen molar-refractivity contribution < 1.29 is 4.39 Å². The first kappa shape index (κ1) is 15.5. The van der Waals surface area contributed by atoms with E-state index in [0.29, 0.717) is 27.5 Å². The molecule has 1 aliphatic heterocycles. The van der Waals surface area contributed by atoms with Crippen LogP contribution in [0.15, 0.2) is 29.3 Å². The Hall–Kier alpha value is -1.35. The number of pyridine rings is 2. The summed E-state index contributed by atoms with van der Waals surface area (Å²) in [5, 5.41) is 0.328. The molecule has 8 heteroatoms. The van der Waals surface area contributed by atoms with E-state index in [1.807, 2.05) is 27.5 Å². The first-order chi connectivity index (χ1) is 10.6. The molecule has 1 saturated heterocycles. The fourth-order valence-corrected chi connectivity index (χ4v) is 2.94. The summed E-state index contributed by atoms with van der Waals surface area (Å²) in [6, 6.07) is 3.29. The minimum atomic E-state index is -0.370. The van der Waals surface area contributed by atoms with Crippen LogP contribution in [-0.2, 0) is 0 Å². The highest BCUT2D eigenvalue weighted by Crippen LogP contribution is 2.28. The van der Waals surface area contributed by atoms with Crippen LogP contribution >= 0.6 is 34.2 Å². The molecule has 5 nitrogen and oxygen atoms in total. The molecular formula is C14H13ClFIN4O. The number of nitrogens with one attached hydrogen (secondary N) is 1. The minimum Gasteiger partial charge on any atom is -0.367 e. The summed E-state index contributed by atoms with van der Waals surface area (Å²) in [6.07, 6.45) is 3.18. The number of hydrogen-bond acceptors (Lipinski definition) is 4. The van der Waals surface area contributed by atoms with Crippen LogP contribution in [0.2, 0.25) is 5.02 Å². The Bertz CT molecular complexity index is 726. The second-order valence-corrected chi connectivity index (χ2v) is 6.43. The van der Waals surface area contributed by atoms with Gasteiger partial charge >= 0.3 is 0 Å². The molecule has 3 rings (SSSR count). The Labute approximate surface area is 145 Å². The number of nitrogens with zero attached hydrogens (tertiary/aromatic N) is 3. The maximum atomic E-state index is 14.3. The van der Waals surface area contributed by atoms with Gasteiger partial charge in [0.25, 0.3) is 0 Å². The molecule has 22 heavy (non-hydrogen) atoms. The summed E-state index contributed by atoms with van der Waals surface area (Å²) in [6.45, 7) is 2.76. The van der Waals surface area contributed by atoms with Gasteiger partial charge in [-0.2, -0.15) is 0 Å². The number of anilines is 2. The molecule has 1 N–H and O–H groups in total. The maximum Gasteiger partial charge on any atom is 0.248 e. The summed E-state index contributed by atoms with van der Waals surface area (Å²) >= 11 is 7.76. The van der Waals surface area contributed by atoms with Gasteiger partial charge in [-0.25, -0.2) is 9.37 Å². The first-order valence-electron chi connectivity index (χ1n) is 6.74. The molecule has 0 radical (unpaired) electrons. The zero-order chi connectivity index (χ0) is 15.7. The Morgan fingerprint density at radius 1 is 1.23 bits per heavy atom. The molecular weight excluding hydrogens is 422 g/mol. The number of aromatic nitrogens is 2. The van der Waals surface area contributed by atoms with E-state index in [9.17, 15) is 9.18 Å². The number of hydrogen-bond donors (Lipinski definition) is 1. The highest BCUT2D eigenvalue weighted by molar-refractivity contribution is 14.1. The summed E-state index contributed by atoms with van der Waals surface area (Å²) in [5.74, 6) is -0.0273. The van der Waals surface area contributed by atoms with Crippen molar-refractivity contribution in [3.8, 4) is 0 Å². The van der Waals surface area contributed by atoms with E-state index in [1.54, 1.807) is 12.3 Å². The Morgan fingerprint density at radius 3 is 2.55 bits per heavy atom. The molecule has 116 valence electrons. The van der Waals surface area contributed by atoms with Gasteiger partial charge in [0.15, 0.2) is 11.6 Å². The van der Waals surface area contributed by atoms with Gasteiger partial charge in [0.1, 0.15) is 0 Å². The third-order valence-electron chi connectivity index (χ3n) is 3.61. The Morgan fingerprint density at radius 2 is 1.91 bits per heavy atom. The molecule has 0 spiro atoms. The molecule has 0 atom stereocenters. The van der Waals surface area contributed by atoms with Gasteiger partial charge in [-0.3, -0.25) is 4.79 Å². The van der Waals surface area contributed by atoms with Gasteiger partial charge in [-0.1, -0.05) is 11.6 Å². The lowest BCUT2D eigenvalue weighted by atomic mass is 10.2. The predicted molar refractivity (Wildman–Crippen MR) is 93.4 cm³/mol. The summed E-state index contributed by atoms with van der Waals surface area (Å²) < 4.78 is 14.7. The van der Waals surface area contributed by atoms with Gasteiger partial charge in [0, 0.05) is 44.6 Å². The zero-order valence-corrected chi connectivity index (χ0v) is 14.4. The highest BCUT2D eigenvalue weighted by atomic mass is 127. The van der Waals surface area contributed by atoms with Crippen LogP contribution in [0, 0.1) is 9.39 Å². The number of H-pyrrole nitrogens is 1. The second-order valence-electron chi connectivity index (χ2n) is 4.94. The van der Waals surface area contributed by atoms with Crippen LogP contribution in [-0.4, -0.2) is 36.1 Å². The van der Waals surface area contributed by atoms with Crippen LogP contribution in [0.4, 0.5) is 15.9 Å². The van der Waals surface area contributed by atoms with Crippen molar-refractivity contribution >= 4 is 45.7 Å². The lowest BCUT2D eigenvalue weighted by molar-refractivity contribution is 0.583. The molecule has 0 unspecified atom stereocenters. The minimum absolute atomic E-state index is 0.121. The molecule has 2 aromatic rings. The molecule has 0 bridgehead atoms. The van der Waals surface area contributed by atoms with Crippen molar-refractivity contribution in [1.29, 1.82) is 0 Å². The van der Waals surface area contributed by atoms with E-state index in [2.05, 4.69) is 14.9 Å². The highest BCUT2D eigenvalue weighted by Gasteiger charge is 2.22. The lowest BCUT2D eigenvalue weighted by Gasteiger charge is -2.36. The van der Waals surface area contributed by atoms with Crippen LogP contribution < -0.4 is 15.4 Å². The van der Waals surface area contributed by atoms with Crippen molar-refractivity contribution in [2.75, 3.05) is 36.0 Å². The number of rotatable bonds is 2. The average molecular weight is 435 g/mol. The third-order valence-corrected chi connectivity index (χ3v) is 5.27. The van der Waals surface area contributed by atoms with Gasteiger partial charge < -0.3 is 14.8 Å². The molecule has 0 amide bonds. The molecule has 2 aromatic heterocycles. The van der Waals surface area contributed by atoms with Crippen molar-refractivity contribution in [3.63, 3.8) is 0 Å². The average Bonchev–Trinajstić information content (AvgIpc) is 2.54. The molecule has 0 saturated carbocycles. The van der Waals surface area contributed by atoms with Crippen LogP contribution in [0.25, 0.3) is 0 Å². The van der Waals surface area contributed by atoms with Crippen LogP contribution in [0.3, 0.4) is 0 Å². The van der Waals surface area contributed by atoms with E-state index in [1.165, 1.54) is 12.3 Å². The maximum absolute atomic E-state index is 14.3. The number of piperazine rings is 1. The fraction of sp³-hybridized carbons (Fsp3) is 0.286. The van der Waals surface area contributed by atoms with Crippen LogP contribution in [0.5, 0.6) is 0 Å². The topological polar surface area (TPSA) is 52.2 Å². The molecule has 0 aliphatic carbocycles. The molecule has 1 fully saturated rings. The quantitative estimate of drug-likeness (QED) is 0.738. The first-order valence-corrected chi connectivity index (χ1v) is 8.20. The largest absolute Gasteiger partial charge is 0.367 e. The van der Waals surface area contributed by atoms with E-state index >= 15 is 0 Å². The lowest BCUT2D eigenvalue weighted by Crippen LogP contribution is -2.47. The van der Waals surface area contributed by atoms with Gasteiger partial charge in [-0.05, 0) is 28.7 Å². The predicted octanol–water partition coefficient (Wildman–Crippen LogP) is 2.49. The standard InChI is InChI=1S/C14H13ClFIN4O/c15-10-8-19-14(12(16)13(10)17)21-5-3-20(4-6-21)9-1-2-11(22)18-7-9/h1-2,7-8H,3-6H2,(H,18,22). The van der Waals surface area contributed by atoms with Crippen molar-refractivity contribution in [3.05, 3.63) is 49.3 Å². The SMILES string of the molecule is O=c1ccc(N2CCN(c3ncc(Cl)c(I)c3F)CC2)c[nH]1. The zero-order valence-electron chi connectivity index (χ0n) is 11.5. The Balaban J connectivity index is 1.73. The summed E-state index contributed by atoms with van der Waals surface area (Å²) in [5.41, 5.74) is 0.836. The monoisotopic (exact) mass is 434 g/mol. The molecule has 0 aromatic carbocycles. The smallest absolute Gasteiger partial charge is 0.248 e. The van der Waals surface area contributed by atoms with Crippen LogP contribution in [0.1, 0.15) is 0 Å². The number of aromatic amines is 1. The van der Waals surface area contributed by atoms with Gasteiger partial charge in [0.05, 0.1) is 14.3 Å². The van der Waals surface area contributed by atoms with Gasteiger partial charge in [0.2, 0.25) is 5.56 Å². The van der Waals surface area contributed by atoms with Crippen molar-refractivity contribution in [2.45, 2.75) is 0 Å². The van der Waals surface area contributed by atoms with E-state index in [0.717, 1.165) is 18.8 Å². The normalized spacial score (nSPS) is 15.2. The fourth-order valence-electron chi connectivity index (χ4n) is 2.43. The van der Waals surface area contributed by atoms with Gasteiger partial charge in [-0.15, -0.1) is 0 Å². The number of halogens is 3. The summed E-state index contributed by atoms with van der Waals surface area (Å²) in [4.78, 5) is 21.9. The van der Waals surface area contributed by atoms with Crippen molar-refractivity contribution in [2.24, 2.45) is 0 Å². The molecule has 1 aliphatic rings. The van der Waals surface area contributed by atoms with E-state index < -0.39 is 0 Å². The van der Waals surface area contributed by atoms with E-state index in [4.69, 9.17) is 11.6 Å². The summed E-state index contributed by atoms with van der Waals surface area (Å²) in [7, 11) is 0. The van der Waals surface area contributed by atoms with E-state index in [-0.39, 0.29) is 11.4 Å². The Kier molecular flexibility index (Phi) is 4.53. The molecule has 3 heterocycles. The van der Waals surface area contributed by atoms with Crippen molar-refractivity contribution in [1.82, 2.24) is 9.97 Å².